The van der Waals surface area contributed by atoms with Crippen molar-refractivity contribution < 1.29 is 9.53 Å². The number of ether oxygens (including phenoxy) is 1. The maximum Gasteiger partial charge on any atom is 0.231 e. The second-order valence-corrected chi connectivity index (χ2v) is 6.88. The van der Waals surface area contributed by atoms with Crippen molar-refractivity contribution in [2.75, 3.05) is 30.4 Å². The van der Waals surface area contributed by atoms with E-state index in [2.05, 4.69) is 20.4 Å². The zero-order valence-electron chi connectivity index (χ0n) is 15.6. The van der Waals surface area contributed by atoms with Gasteiger partial charge in [0.15, 0.2) is 5.65 Å². The van der Waals surface area contributed by atoms with E-state index in [-0.39, 0.29) is 11.8 Å². The lowest BCUT2D eigenvalue weighted by Gasteiger charge is -2.32. The molecule has 0 unspecified atom stereocenters. The molecule has 7 heteroatoms. The van der Waals surface area contributed by atoms with Crippen LogP contribution in [0.3, 0.4) is 0 Å². The molecule has 1 amide bonds. The third-order valence-electron chi connectivity index (χ3n) is 5.06. The lowest BCUT2D eigenvalue weighted by molar-refractivity contribution is -0.120. The maximum absolute atomic E-state index is 12.8. The third kappa shape index (κ3) is 3.45. The number of carbonyl (C=O) groups is 1. The third-order valence-corrected chi connectivity index (χ3v) is 5.06. The summed E-state index contributed by atoms with van der Waals surface area (Å²) in [5.41, 5.74) is 2.62. The molecule has 1 aliphatic rings. The highest BCUT2D eigenvalue weighted by atomic mass is 16.5. The largest absolute Gasteiger partial charge is 0.497 e. The first-order valence-corrected chi connectivity index (χ1v) is 9.16. The molecule has 1 atom stereocenters. The SMILES string of the molecule is COc1ccc(NC(=O)[C@@H]2CCCN(c3nnc4ccccn34)C2)c(C)c1. The molecule has 0 radical (unpaired) electrons. The molecule has 3 heterocycles. The Labute approximate surface area is 158 Å². The summed E-state index contributed by atoms with van der Waals surface area (Å²) >= 11 is 0. The Hall–Kier alpha value is -3.09. The van der Waals surface area contributed by atoms with E-state index in [4.69, 9.17) is 4.74 Å². The number of amides is 1. The zero-order valence-corrected chi connectivity index (χ0v) is 15.6. The standard InChI is InChI=1S/C20H23N5O2/c1-14-12-16(27-2)8-9-17(14)21-19(26)15-6-5-10-24(13-15)20-23-22-18-7-3-4-11-25(18)20/h3-4,7-9,11-12,15H,5-6,10,13H2,1-2H3,(H,21,26)/t15-/m1/s1. The molecule has 1 N–H and O–H groups in total. The number of fused-ring (bicyclic) bond motifs is 1. The predicted octanol–water partition coefficient (Wildman–Crippen LogP) is 2.90. The van der Waals surface area contributed by atoms with Crippen LogP contribution in [0, 0.1) is 12.8 Å². The molecule has 1 fully saturated rings. The van der Waals surface area contributed by atoms with Gasteiger partial charge in [-0.25, -0.2) is 0 Å². The average Bonchev–Trinajstić information content (AvgIpc) is 3.13. The number of nitrogens with zero attached hydrogens (tertiary/aromatic N) is 4. The van der Waals surface area contributed by atoms with E-state index in [1.54, 1.807) is 7.11 Å². The number of rotatable bonds is 4. The van der Waals surface area contributed by atoms with Crippen LogP contribution >= 0.6 is 0 Å². The molecule has 4 rings (SSSR count). The van der Waals surface area contributed by atoms with Gasteiger partial charge in [0.05, 0.1) is 13.0 Å². The van der Waals surface area contributed by atoms with Crippen LogP contribution in [0.4, 0.5) is 11.6 Å². The fourth-order valence-electron chi connectivity index (χ4n) is 3.56. The topological polar surface area (TPSA) is 71.8 Å². The summed E-state index contributed by atoms with van der Waals surface area (Å²) in [5, 5.41) is 11.6. The molecular formula is C20H23N5O2. The Morgan fingerprint density at radius 1 is 1.26 bits per heavy atom. The van der Waals surface area contributed by atoms with Gasteiger partial charge in [0, 0.05) is 25.0 Å². The molecule has 0 bridgehead atoms. The van der Waals surface area contributed by atoms with Crippen molar-refractivity contribution in [2.45, 2.75) is 19.8 Å². The summed E-state index contributed by atoms with van der Waals surface area (Å²) < 4.78 is 7.19. The van der Waals surface area contributed by atoms with Crippen LogP contribution < -0.4 is 15.0 Å². The first kappa shape index (κ1) is 17.3. The smallest absolute Gasteiger partial charge is 0.231 e. The molecule has 1 aliphatic heterocycles. The van der Waals surface area contributed by atoms with Crippen LogP contribution in [0.5, 0.6) is 5.75 Å². The normalized spacial score (nSPS) is 17.1. The van der Waals surface area contributed by atoms with Gasteiger partial charge in [-0.05, 0) is 55.7 Å². The molecule has 7 nitrogen and oxygen atoms in total. The van der Waals surface area contributed by atoms with E-state index in [0.29, 0.717) is 6.54 Å². The summed E-state index contributed by atoms with van der Waals surface area (Å²) in [6, 6.07) is 11.5. The summed E-state index contributed by atoms with van der Waals surface area (Å²) in [5.74, 6) is 1.54. The summed E-state index contributed by atoms with van der Waals surface area (Å²) in [6.45, 7) is 3.48. The Kier molecular flexibility index (Phi) is 4.66. The highest BCUT2D eigenvalue weighted by Crippen LogP contribution is 2.25. The van der Waals surface area contributed by atoms with E-state index >= 15 is 0 Å². The maximum atomic E-state index is 12.8. The predicted molar refractivity (Wildman–Crippen MR) is 104 cm³/mol. The Morgan fingerprint density at radius 2 is 2.15 bits per heavy atom. The highest BCUT2D eigenvalue weighted by molar-refractivity contribution is 5.93. The van der Waals surface area contributed by atoms with Crippen molar-refractivity contribution in [1.29, 1.82) is 0 Å². The summed E-state index contributed by atoms with van der Waals surface area (Å²) in [6.07, 6.45) is 3.77. The average molecular weight is 365 g/mol. The van der Waals surface area contributed by atoms with Crippen LogP contribution in [-0.4, -0.2) is 40.7 Å². The van der Waals surface area contributed by atoms with Gasteiger partial charge in [0.2, 0.25) is 11.9 Å². The van der Waals surface area contributed by atoms with E-state index < -0.39 is 0 Å². The molecule has 1 saturated heterocycles. The number of hydrogen-bond donors (Lipinski definition) is 1. The number of carbonyl (C=O) groups excluding carboxylic acids is 1. The van der Waals surface area contributed by atoms with Gasteiger partial charge in [-0.3, -0.25) is 9.20 Å². The molecule has 3 aromatic rings. The minimum Gasteiger partial charge on any atom is -0.497 e. The Morgan fingerprint density at radius 3 is 2.96 bits per heavy atom. The fraction of sp³-hybridized carbons (Fsp3) is 0.350. The first-order chi connectivity index (χ1) is 13.2. The van der Waals surface area contributed by atoms with Gasteiger partial charge in [-0.1, -0.05) is 6.07 Å². The van der Waals surface area contributed by atoms with Crippen LogP contribution in [0.2, 0.25) is 0 Å². The lowest BCUT2D eigenvalue weighted by atomic mass is 9.97. The van der Waals surface area contributed by atoms with Gasteiger partial charge >= 0.3 is 0 Å². The van der Waals surface area contributed by atoms with Gasteiger partial charge in [0.25, 0.3) is 0 Å². The van der Waals surface area contributed by atoms with Gasteiger partial charge in [-0.2, -0.15) is 0 Å². The van der Waals surface area contributed by atoms with Gasteiger partial charge < -0.3 is 15.0 Å². The first-order valence-electron chi connectivity index (χ1n) is 9.16. The Bertz CT molecular complexity index is 968. The minimum absolute atomic E-state index is 0.0433. The van der Waals surface area contributed by atoms with Crippen LogP contribution in [0.1, 0.15) is 18.4 Å². The molecule has 27 heavy (non-hydrogen) atoms. The number of hydrogen-bond acceptors (Lipinski definition) is 5. The fourth-order valence-corrected chi connectivity index (χ4v) is 3.56. The van der Waals surface area contributed by atoms with Gasteiger partial charge in [0.1, 0.15) is 5.75 Å². The lowest BCUT2D eigenvalue weighted by Crippen LogP contribution is -2.41. The Balaban J connectivity index is 1.48. The van der Waals surface area contributed by atoms with E-state index in [9.17, 15) is 4.79 Å². The zero-order chi connectivity index (χ0) is 18.8. The molecule has 0 saturated carbocycles. The number of pyridine rings is 1. The molecular weight excluding hydrogens is 342 g/mol. The van der Waals surface area contributed by atoms with Crippen molar-refractivity contribution in [3.05, 3.63) is 48.2 Å². The minimum atomic E-state index is -0.0867. The molecule has 0 spiro atoms. The van der Waals surface area contributed by atoms with E-state index in [1.165, 1.54) is 0 Å². The van der Waals surface area contributed by atoms with Crippen molar-refractivity contribution in [3.8, 4) is 5.75 Å². The number of aromatic nitrogens is 3. The van der Waals surface area contributed by atoms with E-state index in [0.717, 1.165) is 48.0 Å². The molecule has 2 aromatic heterocycles. The highest BCUT2D eigenvalue weighted by Gasteiger charge is 2.28. The van der Waals surface area contributed by atoms with Crippen LogP contribution in [0.25, 0.3) is 5.65 Å². The number of aryl methyl sites for hydroxylation is 1. The molecule has 0 aliphatic carbocycles. The molecule has 1 aromatic carbocycles. The second-order valence-electron chi connectivity index (χ2n) is 6.88. The van der Waals surface area contributed by atoms with E-state index in [1.807, 2.05) is 53.9 Å². The van der Waals surface area contributed by atoms with Crippen molar-refractivity contribution in [3.63, 3.8) is 0 Å². The number of methoxy groups -OCH3 is 1. The summed E-state index contributed by atoms with van der Waals surface area (Å²) in [7, 11) is 1.64. The van der Waals surface area contributed by atoms with Crippen LogP contribution in [0.15, 0.2) is 42.6 Å². The summed E-state index contributed by atoms with van der Waals surface area (Å²) in [4.78, 5) is 15.0. The van der Waals surface area contributed by atoms with Gasteiger partial charge in [-0.15, -0.1) is 10.2 Å². The second kappa shape index (κ2) is 7.26. The quantitative estimate of drug-likeness (QED) is 0.770. The van der Waals surface area contributed by atoms with Crippen molar-refractivity contribution >= 4 is 23.2 Å². The van der Waals surface area contributed by atoms with Crippen LogP contribution in [-0.2, 0) is 4.79 Å². The molecule has 140 valence electrons. The van der Waals surface area contributed by atoms with Crippen molar-refractivity contribution in [2.24, 2.45) is 5.92 Å². The monoisotopic (exact) mass is 365 g/mol. The number of piperidine rings is 1. The number of benzene rings is 1. The number of nitrogens with one attached hydrogen (secondary N) is 1. The number of anilines is 2. The van der Waals surface area contributed by atoms with Crippen molar-refractivity contribution in [1.82, 2.24) is 14.6 Å².